The number of ether oxygens (including phenoxy) is 2. The van der Waals surface area contributed by atoms with E-state index in [0.29, 0.717) is 13.2 Å². The number of hydrogen-bond acceptors (Lipinski definition) is 3. The van der Waals surface area contributed by atoms with E-state index in [1.165, 1.54) is 30.4 Å². The van der Waals surface area contributed by atoms with Gasteiger partial charge < -0.3 is 14.8 Å². The molecular weight excluding hydrogens is 250 g/mol. The van der Waals surface area contributed by atoms with Crippen molar-refractivity contribution in [1.29, 1.82) is 0 Å². The zero-order chi connectivity index (χ0) is 13.8. The van der Waals surface area contributed by atoms with Crippen molar-refractivity contribution in [3.63, 3.8) is 0 Å². The van der Waals surface area contributed by atoms with Crippen LogP contribution in [0.4, 0.5) is 0 Å². The van der Waals surface area contributed by atoms with Crippen LogP contribution >= 0.6 is 0 Å². The van der Waals surface area contributed by atoms with Crippen LogP contribution in [0.1, 0.15) is 49.3 Å². The zero-order valence-corrected chi connectivity index (χ0v) is 12.3. The minimum Gasteiger partial charge on any atom is -0.376 e. The highest BCUT2D eigenvalue weighted by atomic mass is 16.6. The molecule has 2 atom stereocenters. The minimum atomic E-state index is 0.123. The van der Waals surface area contributed by atoms with Crippen molar-refractivity contribution in [3.05, 3.63) is 35.4 Å². The molecule has 0 spiro atoms. The molecule has 2 aliphatic rings. The molecule has 110 valence electrons. The summed E-state index contributed by atoms with van der Waals surface area (Å²) < 4.78 is 11.4. The van der Waals surface area contributed by atoms with E-state index in [9.17, 15) is 0 Å². The molecule has 1 heterocycles. The monoisotopic (exact) mass is 275 g/mol. The minimum absolute atomic E-state index is 0.123. The van der Waals surface area contributed by atoms with Crippen LogP contribution in [0.15, 0.2) is 24.3 Å². The zero-order valence-electron chi connectivity index (χ0n) is 12.3. The van der Waals surface area contributed by atoms with Gasteiger partial charge in [-0.25, -0.2) is 0 Å². The third kappa shape index (κ3) is 3.05. The van der Waals surface area contributed by atoms with Crippen molar-refractivity contribution in [2.75, 3.05) is 26.4 Å². The van der Waals surface area contributed by atoms with Crippen LogP contribution in [0.2, 0.25) is 0 Å². The van der Waals surface area contributed by atoms with Gasteiger partial charge in [-0.2, -0.15) is 0 Å². The molecule has 2 unspecified atom stereocenters. The second-order valence-corrected chi connectivity index (χ2v) is 5.81. The summed E-state index contributed by atoms with van der Waals surface area (Å²) in [6, 6.07) is 9.36. The van der Waals surface area contributed by atoms with E-state index in [1.54, 1.807) is 0 Å². The average molecular weight is 275 g/mol. The van der Waals surface area contributed by atoms with Crippen molar-refractivity contribution in [3.8, 4) is 0 Å². The Bertz CT molecular complexity index is 408. The lowest BCUT2D eigenvalue weighted by Gasteiger charge is -2.32. The molecule has 20 heavy (non-hydrogen) atoms. The maximum absolute atomic E-state index is 5.87. The topological polar surface area (TPSA) is 30.5 Å². The van der Waals surface area contributed by atoms with Gasteiger partial charge in [0.05, 0.1) is 25.9 Å². The molecule has 0 radical (unpaired) electrons. The van der Waals surface area contributed by atoms with Crippen molar-refractivity contribution < 1.29 is 9.47 Å². The van der Waals surface area contributed by atoms with E-state index in [2.05, 4.69) is 36.5 Å². The Hall–Kier alpha value is -0.900. The second kappa shape index (κ2) is 6.70. The summed E-state index contributed by atoms with van der Waals surface area (Å²) in [5.74, 6) is 0.802. The van der Waals surface area contributed by atoms with Gasteiger partial charge in [0.2, 0.25) is 0 Å². The average Bonchev–Trinajstić information content (AvgIpc) is 2.45. The van der Waals surface area contributed by atoms with Gasteiger partial charge in [0, 0.05) is 0 Å². The number of hydrogen-bond donors (Lipinski definition) is 1. The number of rotatable bonds is 5. The summed E-state index contributed by atoms with van der Waals surface area (Å²) in [4.78, 5) is 0. The predicted molar refractivity (Wildman–Crippen MR) is 80.0 cm³/mol. The summed E-state index contributed by atoms with van der Waals surface area (Å²) in [6.45, 7) is 5.18. The van der Waals surface area contributed by atoms with Gasteiger partial charge in [-0.15, -0.1) is 0 Å². The number of nitrogens with one attached hydrogen (secondary N) is 1. The van der Waals surface area contributed by atoms with Crippen LogP contribution in [0.3, 0.4) is 0 Å². The Labute approximate surface area is 121 Å². The summed E-state index contributed by atoms with van der Waals surface area (Å²) in [7, 11) is 0. The fourth-order valence-electron chi connectivity index (χ4n) is 3.10. The van der Waals surface area contributed by atoms with E-state index in [0.717, 1.165) is 19.1 Å². The van der Waals surface area contributed by atoms with E-state index in [-0.39, 0.29) is 12.1 Å². The second-order valence-electron chi connectivity index (χ2n) is 5.81. The molecule has 1 aromatic rings. The molecule has 2 fully saturated rings. The molecule has 1 N–H and O–H groups in total. The van der Waals surface area contributed by atoms with Crippen LogP contribution < -0.4 is 5.32 Å². The molecule has 0 aromatic heterocycles. The number of likely N-dealkylation sites (N-methyl/N-ethyl adjacent to an activating group) is 1. The van der Waals surface area contributed by atoms with Gasteiger partial charge >= 0.3 is 0 Å². The smallest absolute Gasteiger partial charge is 0.100 e. The normalized spacial score (nSPS) is 25.1. The van der Waals surface area contributed by atoms with E-state index in [4.69, 9.17) is 9.47 Å². The molecule has 1 aliphatic heterocycles. The van der Waals surface area contributed by atoms with E-state index in [1.807, 2.05) is 0 Å². The molecule has 1 saturated carbocycles. The Morgan fingerprint density at radius 1 is 1.20 bits per heavy atom. The van der Waals surface area contributed by atoms with Crippen molar-refractivity contribution in [2.45, 2.75) is 44.2 Å². The molecule has 0 bridgehead atoms. The summed E-state index contributed by atoms with van der Waals surface area (Å²) in [5.41, 5.74) is 2.81. The van der Waals surface area contributed by atoms with Crippen molar-refractivity contribution >= 4 is 0 Å². The lowest BCUT2D eigenvalue weighted by molar-refractivity contribution is -0.102. The third-order valence-electron chi connectivity index (χ3n) is 4.51. The Morgan fingerprint density at radius 3 is 2.55 bits per heavy atom. The first-order valence-corrected chi connectivity index (χ1v) is 7.91. The van der Waals surface area contributed by atoms with Crippen LogP contribution in [0.25, 0.3) is 0 Å². The van der Waals surface area contributed by atoms with E-state index >= 15 is 0 Å². The van der Waals surface area contributed by atoms with Gasteiger partial charge in [-0.1, -0.05) is 37.6 Å². The maximum atomic E-state index is 5.87. The van der Waals surface area contributed by atoms with Gasteiger partial charge in [0.15, 0.2) is 0 Å². The highest BCUT2D eigenvalue weighted by Crippen LogP contribution is 2.36. The molecule has 3 heteroatoms. The largest absolute Gasteiger partial charge is 0.376 e. The van der Waals surface area contributed by atoms with Crippen LogP contribution in [0.5, 0.6) is 0 Å². The van der Waals surface area contributed by atoms with Gasteiger partial charge in [-0.05, 0) is 36.4 Å². The molecular formula is C17H25NO2. The standard InChI is InChI=1S/C17H25NO2/c1-2-18-17(16-12-19-10-11-20-16)15-8-6-14(7-9-15)13-4-3-5-13/h6-9,13,16-18H,2-5,10-12H2,1H3. The molecule has 1 saturated heterocycles. The molecule has 3 rings (SSSR count). The van der Waals surface area contributed by atoms with Crippen LogP contribution in [-0.2, 0) is 9.47 Å². The first-order chi connectivity index (χ1) is 9.88. The van der Waals surface area contributed by atoms with Gasteiger partial charge in [-0.3, -0.25) is 0 Å². The summed E-state index contributed by atoms with van der Waals surface area (Å²) in [5, 5.41) is 3.54. The molecule has 3 nitrogen and oxygen atoms in total. The van der Waals surface area contributed by atoms with Crippen molar-refractivity contribution in [1.82, 2.24) is 5.32 Å². The molecule has 0 amide bonds. The SMILES string of the molecule is CCNC(c1ccc(C2CCC2)cc1)C1COCCO1. The lowest BCUT2D eigenvalue weighted by atomic mass is 9.79. The Kier molecular flexibility index (Phi) is 4.71. The van der Waals surface area contributed by atoms with Crippen LogP contribution in [-0.4, -0.2) is 32.5 Å². The number of benzene rings is 1. The Morgan fingerprint density at radius 2 is 2.00 bits per heavy atom. The fourth-order valence-corrected chi connectivity index (χ4v) is 3.10. The first kappa shape index (κ1) is 14.1. The lowest BCUT2D eigenvalue weighted by Crippen LogP contribution is -2.40. The molecule has 1 aliphatic carbocycles. The highest BCUT2D eigenvalue weighted by Gasteiger charge is 2.26. The van der Waals surface area contributed by atoms with Crippen LogP contribution in [0, 0.1) is 0 Å². The summed E-state index contributed by atoms with van der Waals surface area (Å²) >= 11 is 0. The van der Waals surface area contributed by atoms with Crippen molar-refractivity contribution in [2.24, 2.45) is 0 Å². The summed E-state index contributed by atoms with van der Waals surface area (Å²) in [6.07, 6.45) is 4.23. The van der Waals surface area contributed by atoms with Gasteiger partial charge in [0.25, 0.3) is 0 Å². The third-order valence-corrected chi connectivity index (χ3v) is 4.51. The Balaban J connectivity index is 1.72. The quantitative estimate of drug-likeness (QED) is 0.896. The fraction of sp³-hybridized carbons (Fsp3) is 0.647. The first-order valence-electron chi connectivity index (χ1n) is 7.91. The molecule has 1 aromatic carbocycles. The highest BCUT2D eigenvalue weighted by molar-refractivity contribution is 5.29. The maximum Gasteiger partial charge on any atom is 0.100 e. The van der Waals surface area contributed by atoms with E-state index < -0.39 is 0 Å². The predicted octanol–water partition coefficient (Wildman–Crippen LogP) is 3.02. The van der Waals surface area contributed by atoms with Gasteiger partial charge in [0.1, 0.15) is 6.10 Å².